The molecule has 4 aromatic rings. The highest BCUT2D eigenvalue weighted by molar-refractivity contribution is 7.92. The third-order valence-corrected chi connectivity index (χ3v) is 9.39. The summed E-state index contributed by atoms with van der Waals surface area (Å²) < 4.78 is 40.2. The summed E-state index contributed by atoms with van der Waals surface area (Å²) in [6.45, 7) is 1.82. The smallest absolute Gasteiger partial charge is 0.264 e. The highest BCUT2D eigenvalue weighted by Crippen LogP contribution is 2.34. The summed E-state index contributed by atoms with van der Waals surface area (Å²) in [6, 6.07) is 27.9. The van der Waals surface area contributed by atoms with Crippen LogP contribution in [0.1, 0.15) is 24.5 Å². The van der Waals surface area contributed by atoms with Gasteiger partial charge in [0.15, 0.2) is 11.5 Å². The fourth-order valence-corrected chi connectivity index (χ4v) is 6.49. The number of carbonyl (C=O) groups excluding carboxylic acids is 2. The van der Waals surface area contributed by atoms with Crippen LogP contribution >= 0.6 is 11.6 Å². The average Bonchev–Trinajstić information content (AvgIpc) is 3.08. The van der Waals surface area contributed by atoms with Gasteiger partial charge in [-0.1, -0.05) is 79.2 Å². The van der Waals surface area contributed by atoms with Crippen molar-refractivity contribution in [3.05, 3.63) is 119 Å². The molecule has 0 aliphatic carbocycles. The number of hydrogen-bond donors (Lipinski definition) is 1. The number of benzene rings is 4. The molecule has 0 aliphatic heterocycles. The Morgan fingerprint density at radius 1 is 0.826 bits per heavy atom. The minimum absolute atomic E-state index is 0.00311. The number of ether oxygens (including phenoxy) is 2. The van der Waals surface area contributed by atoms with Crippen LogP contribution in [0.2, 0.25) is 5.02 Å². The zero-order chi connectivity index (χ0) is 33.1. The Morgan fingerprint density at radius 3 is 2.07 bits per heavy atom. The van der Waals surface area contributed by atoms with E-state index in [9.17, 15) is 18.0 Å². The first-order valence-electron chi connectivity index (χ1n) is 14.8. The van der Waals surface area contributed by atoms with Crippen LogP contribution in [0.15, 0.2) is 108 Å². The predicted molar refractivity (Wildman–Crippen MR) is 180 cm³/mol. The van der Waals surface area contributed by atoms with E-state index < -0.39 is 28.5 Å². The standard InChI is InChI=1S/C35H38ClN3O6S/c1-4-21-37-35(41)31(22-26-11-7-5-8-12-26)38(24-27-15-17-28(36)18-16-27)34(40)25-39(46(42,43)30-13-9-6-10-14-30)29-19-20-32(44-2)33(23-29)45-3/h5-20,23,31H,4,21-22,24-25H2,1-3H3,(H,37,41)/t31-/m1/s1. The summed E-state index contributed by atoms with van der Waals surface area (Å²) in [7, 11) is -1.33. The molecule has 9 nitrogen and oxygen atoms in total. The van der Waals surface area contributed by atoms with Gasteiger partial charge >= 0.3 is 0 Å². The Morgan fingerprint density at radius 2 is 1.46 bits per heavy atom. The van der Waals surface area contributed by atoms with Crippen LogP contribution in [-0.4, -0.2) is 58.5 Å². The monoisotopic (exact) mass is 663 g/mol. The molecule has 0 saturated heterocycles. The van der Waals surface area contributed by atoms with Gasteiger partial charge < -0.3 is 19.7 Å². The zero-order valence-electron chi connectivity index (χ0n) is 26.1. The molecule has 0 saturated carbocycles. The Labute approximate surface area is 275 Å². The number of amides is 2. The molecule has 0 unspecified atom stereocenters. The summed E-state index contributed by atoms with van der Waals surface area (Å²) in [5.41, 5.74) is 1.76. The lowest BCUT2D eigenvalue weighted by molar-refractivity contribution is -0.140. The maximum atomic E-state index is 14.5. The normalized spacial score (nSPS) is 11.7. The molecule has 0 fully saturated rings. The van der Waals surface area contributed by atoms with Gasteiger partial charge in [0.05, 0.1) is 24.8 Å². The van der Waals surface area contributed by atoms with Crippen molar-refractivity contribution in [1.29, 1.82) is 0 Å². The second-order valence-corrected chi connectivity index (χ2v) is 12.8. The number of sulfonamides is 1. The first-order valence-corrected chi connectivity index (χ1v) is 16.6. The molecule has 2 amide bonds. The Hall–Kier alpha value is -4.54. The number of nitrogens with one attached hydrogen (secondary N) is 1. The summed E-state index contributed by atoms with van der Waals surface area (Å²) in [5, 5.41) is 3.46. The van der Waals surface area contributed by atoms with E-state index in [0.717, 1.165) is 15.4 Å². The van der Waals surface area contributed by atoms with Crippen molar-refractivity contribution < 1.29 is 27.5 Å². The zero-order valence-corrected chi connectivity index (χ0v) is 27.6. The molecule has 0 spiro atoms. The van der Waals surface area contributed by atoms with E-state index in [1.54, 1.807) is 54.6 Å². The number of anilines is 1. The fourth-order valence-electron chi connectivity index (χ4n) is 4.93. The molecule has 0 aliphatic rings. The molecule has 0 aromatic heterocycles. The fraction of sp³-hybridized carbons (Fsp3) is 0.257. The van der Waals surface area contributed by atoms with E-state index >= 15 is 0 Å². The summed E-state index contributed by atoms with van der Waals surface area (Å²) in [5.74, 6) is -0.220. The lowest BCUT2D eigenvalue weighted by Gasteiger charge is -2.34. The van der Waals surface area contributed by atoms with Gasteiger partial charge in [-0.05, 0) is 53.9 Å². The third kappa shape index (κ3) is 8.58. The van der Waals surface area contributed by atoms with Crippen LogP contribution in [0.5, 0.6) is 11.5 Å². The minimum atomic E-state index is -4.25. The summed E-state index contributed by atoms with van der Waals surface area (Å²) in [6.07, 6.45) is 0.925. The molecule has 4 rings (SSSR count). The topological polar surface area (TPSA) is 105 Å². The van der Waals surface area contributed by atoms with Gasteiger partial charge in [0, 0.05) is 30.6 Å². The van der Waals surface area contributed by atoms with Gasteiger partial charge in [-0.25, -0.2) is 8.42 Å². The van der Waals surface area contributed by atoms with Crippen LogP contribution in [0.4, 0.5) is 5.69 Å². The van der Waals surface area contributed by atoms with Crippen molar-refractivity contribution in [3.63, 3.8) is 0 Å². The lowest BCUT2D eigenvalue weighted by Crippen LogP contribution is -2.53. The van der Waals surface area contributed by atoms with Gasteiger partial charge in [-0.15, -0.1) is 0 Å². The van der Waals surface area contributed by atoms with E-state index in [4.69, 9.17) is 21.1 Å². The Balaban J connectivity index is 1.82. The number of halogens is 1. The molecule has 11 heteroatoms. The number of nitrogens with zero attached hydrogens (tertiary/aromatic N) is 2. The number of hydrogen-bond acceptors (Lipinski definition) is 6. The van der Waals surface area contributed by atoms with Crippen molar-refractivity contribution >= 4 is 39.1 Å². The van der Waals surface area contributed by atoms with E-state index in [1.807, 2.05) is 37.3 Å². The Bertz CT molecular complexity index is 1700. The molecule has 0 heterocycles. The average molecular weight is 664 g/mol. The van der Waals surface area contributed by atoms with Crippen molar-refractivity contribution in [2.75, 3.05) is 31.6 Å². The van der Waals surface area contributed by atoms with Gasteiger partial charge in [0.1, 0.15) is 12.6 Å². The van der Waals surface area contributed by atoms with Gasteiger partial charge in [-0.2, -0.15) is 0 Å². The first kappa shape index (κ1) is 34.3. The van der Waals surface area contributed by atoms with E-state index in [0.29, 0.717) is 29.5 Å². The molecule has 46 heavy (non-hydrogen) atoms. The van der Waals surface area contributed by atoms with Gasteiger partial charge in [0.25, 0.3) is 10.0 Å². The summed E-state index contributed by atoms with van der Waals surface area (Å²) in [4.78, 5) is 29.7. The van der Waals surface area contributed by atoms with E-state index in [2.05, 4.69) is 5.32 Å². The van der Waals surface area contributed by atoms with Crippen LogP contribution < -0.4 is 19.1 Å². The number of carbonyl (C=O) groups is 2. The maximum Gasteiger partial charge on any atom is 0.264 e. The minimum Gasteiger partial charge on any atom is -0.493 e. The second-order valence-electron chi connectivity index (χ2n) is 10.5. The van der Waals surface area contributed by atoms with Crippen molar-refractivity contribution in [1.82, 2.24) is 10.2 Å². The van der Waals surface area contributed by atoms with Crippen molar-refractivity contribution in [2.24, 2.45) is 0 Å². The van der Waals surface area contributed by atoms with Crippen molar-refractivity contribution in [2.45, 2.75) is 37.2 Å². The van der Waals surface area contributed by atoms with Crippen LogP contribution in [0.3, 0.4) is 0 Å². The second kappa shape index (κ2) is 16.1. The first-order chi connectivity index (χ1) is 22.2. The van der Waals surface area contributed by atoms with E-state index in [1.165, 1.54) is 37.3 Å². The quantitative estimate of drug-likeness (QED) is 0.175. The Kier molecular flexibility index (Phi) is 12.1. The molecular formula is C35H38ClN3O6S. The van der Waals surface area contributed by atoms with Crippen molar-refractivity contribution in [3.8, 4) is 11.5 Å². The number of methoxy groups -OCH3 is 2. The molecule has 242 valence electrons. The SMILES string of the molecule is CCCNC(=O)[C@@H](Cc1ccccc1)N(Cc1ccc(Cl)cc1)C(=O)CN(c1ccc(OC)c(OC)c1)S(=O)(=O)c1ccccc1. The number of rotatable bonds is 15. The molecular weight excluding hydrogens is 626 g/mol. The lowest BCUT2D eigenvalue weighted by atomic mass is 10.0. The molecule has 1 atom stereocenters. The van der Waals surface area contributed by atoms with Gasteiger partial charge in [-0.3, -0.25) is 13.9 Å². The van der Waals surface area contributed by atoms with Crippen LogP contribution in [0, 0.1) is 0 Å². The molecule has 0 radical (unpaired) electrons. The van der Waals surface area contributed by atoms with E-state index in [-0.39, 0.29) is 29.5 Å². The largest absolute Gasteiger partial charge is 0.493 e. The van der Waals surface area contributed by atoms with Crippen LogP contribution in [0.25, 0.3) is 0 Å². The predicted octanol–water partition coefficient (Wildman–Crippen LogP) is 5.72. The van der Waals surface area contributed by atoms with Crippen LogP contribution in [-0.2, 0) is 32.6 Å². The third-order valence-electron chi connectivity index (χ3n) is 7.35. The molecule has 4 aromatic carbocycles. The maximum absolute atomic E-state index is 14.5. The highest BCUT2D eigenvalue weighted by Gasteiger charge is 2.35. The molecule has 1 N–H and O–H groups in total. The van der Waals surface area contributed by atoms with Gasteiger partial charge in [0.2, 0.25) is 11.8 Å². The summed E-state index contributed by atoms with van der Waals surface area (Å²) >= 11 is 6.14. The highest BCUT2D eigenvalue weighted by atomic mass is 35.5. The molecule has 0 bridgehead atoms.